The highest BCUT2D eigenvalue weighted by atomic mass is 15.2. The molecule has 0 radical (unpaired) electrons. The number of aromatic amines is 1. The van der Waals surface area contributed by atoms with E-state index in [4.69, 9.17) is 0 Å². The Kier molecular flexibility index (Phi) is 6.57. The second-order valence-corrected chi connectivity index (χ2v) is 9.10. The van der Waals surface area contributed by atoms with Crippen molar-refractivity contribution in [3.63, 3.8) is 0 Å². The summed E-state index contributed by atoms with van der Waals surface area (Å²) in [7, 11) is 2.17. The molecule has 0 amide bonds. The minimum atomic E-state index is 0.502. The molecule has 7 nitrogen and oxygen atoms in total. The van der Waals surface area contributed by atoms with Gasteiger partial charge in [-0.05, 0) is 54.9 Å². The third-order valence-electron chi connectivity index (χ3n) is 6.63. The number of nitrogens with one attached hydrogen (secondary N) is 2. The Bertz CT molecular complexity index is 1400. The van der Waals surface area contributed by atoms with Gasteiger partial charge in [0.05, 0.1) is 11.3 Å². The number of pyridine rings is 2. The zero-order chi connectivity index (χ0) is 24.2. The number of piperazine rings is 1. The Labute approximate surface area is 205 Å². The minimum Gasteiger partial charge on any atom is -0.361 e. The van der Waals surface area contributed by atoms with Gasteiger partial charge >= 0.3 is 0 Å². The van der Waals surface area contributed by atoms with E-state index in [9.17, 15) is 5.26 Å². The van der Waals surface area contributed by atoms with Gasteiger partial charge in [0.15, 0.2) is 0 Å². The van der Waals surface area contributed by atoms with Gasteiger partial charge in [0.25, 0.3) is 0 Å². The van der Waals surface area contributed by atoms with Crippen LogP contribution in [-0.4, -0.2) is 58.0 Å². The normalized spacial score (nSPS) is 15.0. The molecule has 0 saturated carbocycles. The molecule has 1 saturated heterocycles. The fourth-order valence-electron chi connectivity index (χ4n) is 4.52. The fraction of sp³-hybridized carbons (Fsp3) is 0.250. The predicted molar refractivity (Wildman–Crippen MR) is 141 cm³/mol. The van der Waals surface area contributed by atoms with Gasteiger partial charge in [-0.2, -0.15) is 5.26 Å². The third-order valence-corrected chi connectivity index (χ3v) is 6.63. The van der Waals surface area contributed by atoms with Gasteiger partial charge in [0.1, 0.15) is 6.07 Å². The average molecular weight is 464 g/mol. The molecule has 2 N–H and O–H groups in total. The van der Waals surface area contributed by atoms with E-state index in [1.165, 1.54) is 5.56 Å². The van der Waals surface area contributed by atoms with Crippen LogP contribution < -0.4 is 5.32 Å². The van der Waals surface area contributed by atoms with Gasteiger partial charge in [-0.1, -0.05) is 12.2 Å². The minimum absolute atomic E-state index is 0.502. The summed E-state index contributed by atoms with van der Waals surface area (Å²) < 4.78 is 0. The second kappa shape index (κ2) is 10.1. The molecular weight excluding hydrogens is 434 g/mol. The van der Waals surface area contributed by atoms with Gasteiger partial charge in [0.2, 0.25) is 0 Å². The van der Waals surface area contributed by atoms with Crippen LogP contribution in [0.2, 0.25) is 0 Å². The third kappa shape index (κ3) is 5.09. The number of hydrogen-bond acceptors (Lipinski definition) is 6. The Balaban J connectivity index is 1.39. The summed E-state index contributed by atoms with van der Waals surface area (Å²) in [5.74, 6) is 0. The van der Waals surface area contributed by atoms with Crippen LogP contribution in [0.15, 0.2) is 55.2 Å². The first kappa shape index (κ1) is 22.8. The van der Waals surface area contributed by atoms with Crippen molar-refractivity contribution in [2.75, 3.05) is 38.5 Å². The van der Waals surface area contributed by atoms with Crippen LogP contribution in [0.1, 0.15) is 27.8 Å². The van der Waals surface area contributed by atoms with E-state index in [1.54, 1.807) is 12.4 Å². The molecule has 0 aliphatic carbocycles. The Hall–Kier alpha value is -3.99. The van der Waals surface area contributed by atoms with Crippen LogP contribution in [0.5, 0.6) is 0 Å². The molecule has 1 fully saturated rings. The molecule has 0 unspecified atom stereocenters. The lowest BCUT2D eigenvalue weighted by molar-refractivity contribution is 0.148. The van der Waals surface area contributed by atoms with Gasteiger partial charge in [-0.15, -0.1) is 0 Å². The van der Waals surface area contributed by atoms with Gasteiger partial charge in [-0.3, -0.25) is 14.9 Å². The average Bonchev–Trinajstić information content (AvgIpc) is 3.36. The molecule has 0 spiro atoms. The number of H-pyrrole nitrogens is 1. The van der Waals surface area contributed by atoms with Crippen LogP contribution in [0.25, 0.3) is 23.1 Å². The number of likely N-dealkylation sites (N-methyl/N-ethyl adjacent to an activating group) is 1. The Morgan fingerprint density at radius 3 is 2.71 bits per heavy atom. The van der Waals surface area contributed by atoms with Crippen molar-refractivity contribution in [2.24, 2.45) is 0 Å². The van der Waals surface area contributed by atoms with Crippen molar-refractivity contribution >= 4 is 34.4 Å². The van der Waals surface area contributed by atoms with Crippen molar-refractivity contribution in [1.29, 1.82) is 5.26 Å². The summed E-state index contributed by atoms with van der Waals surface area (Å²) in [6.07, 6.45) is 13.2. The molecule has 1 aliphatic rings. The highest BCUT2D eigenvalue weighted by Gasteiger charge is 2.14. The van der Waals surface area contributed by atoms with Crippen molar-refractivity contribution in [1.82, 2.24) is 24.8 Å². The lowest BCUT2D eigenvalue weighted by Crippen LogP contribution is -2.43. The maximum absolute atomic E-state index is 9.75. The van der Waals surface area contributed by atoms with Gasteiger partial charge in [0, 0.05) is 85.9 Å². The molecule has 0 atom stereocenters. The first-order valence-electron chi connectivity index (χ1n) is 11.9. The van der Waals surface area contributed by atoms with E-state index in [-0.39, 0.29) is 0 Å². The van der Waals surface area contributed by atoms with E-state index in [2.05, 4.69) is 62.2 Å². The summed E-state index contributed by atoms with van der Waals surface area (Å²) in [5.41, 5.74) is 7.50. The number of rotatable bonds is 6. The summed E-state index contributed by atoms with van der Waals surface area (Å²) >= 11 is 0. The molecule has 4 aromatic rings. The van der Waals surface area contributed by atoms with Gasteiger partial charge < -0.3 is 15.2 Å². The molecular formula is C28H29N7. The van der Waals surface area contributed by atoms with Crippen LogP contribution in [0.3, 0.4) is 0 Å². The molecule has 3 aromatic heterocycles. The number of benzene rings is 1. The molecule has 4 heterocycles. The number of nitriles is 1. The SMILES string of the molecule is Cc1c(Nc2c(C#N)cncc2C=Cc2cncc(CN3CCN(C)CC3)c2)ccc2[nH]ccc12. The first-order valence-corrected chi connectivity index (χ1v) is 11.9. The largest absolute Gasteiger partial charge is 0.361 e. The Morgan fingerprint density at radius 1 is 1.06 bits per heavy atom. The summed E-state index contributed by atoms with van der Waals surface area (Å²) in [5, 5.41) is 14.4. The highest BCUT2D eigenvalue weighted by molar-refractivity contribution is 5.90. The molecule has 1 aliphatic heterocycles. The lowest BCUT2D eigenvalue weighted by Gasteiger charge is -2.32. The summed E-state index contributed by atoms with van der Waals surface area (Å²) in [4.78, 5) is 16.8. The van der Waals surface area contributed by atoms with E-state index in [1.807, 2.05) is 42.9 Å². The van der Waals surface area contributed by atoms with Gasteiger partial charge in [-0.25, -0.2) is 0 Å². The number of fused-ring (bicyclic) bond motifs is 1. The van der Waals surface area contributed by atoms with Crippen molar-refractivity contribution < 1.29 is 0 Å². The van der Waals surface area contributed by atoms with Crippen LogP contribution in [-0.2, 0) is 6.54 Å². The van der Waals surface area contributed by atoms with Crippen LogP contribution in [0.4, 0.5) is 11.4 Å². The maximum atomic E-state index is 9.75. The maximum Gasteiger partial charge on any atom is 0.103 e. The van der Waals surface area contributed by atoms with Crippen molar-refractivity contribution in [3.8, 4) is 6.07 Å². The Morgan fingerprint density at radius 2 is 1.89 bits per heavy atom. The topological polar surface area (TPSA) is 83.9 Å². The number of aromatic nitrogens is 3. The van der Waals surface area contributed by atoms with E-state index >= 15 is 0 Å². The molecule has 7 heteroatoms. The fourth-order valence-corrected chi connectivity index (χ4v) is 4.52. The quantitative estimate of drug-likeness (QED) is 0.427. The molecule has 0 bridgehead atoms. The van der Waals surface area contributed by atoms with Crippen molar-refractivity contribution in [2.45, 2.75) is 13.5 Å². The van der Waals surface area contributed by atoms with Crippen LogP contribution >= 0.6 is 0 Å². The summed E-state index contributed by atoms with van der Waals surface area (Å²) in [6, 6.07) is 10.6. The zero-order valence-electron chi connectivity index (χ0n) is 20.1. The smallest absolute Gasteiger partial charge is 0.103 e. The number of aryl methyl sites for hydroxylation is 1. The van der Waals surface area contributed by atoms with E-state index in [0.717, 1.165) is 71.7 Å². The van der Waals surface area contributed by atoms with E-state index in [0.29, 0.717) is 5.56 Å². The number of anilines is 2. The lowest BCUT2D eigenvalue weighted by atomic mass is 10.1. The highest BCUT2D eigenvalue weighted by Crippen LogP contribution is 2.31. The molecule has 1 aromatic carbocycles. The monoisotopic (exact) mass is 463 g/mol. The molecule has 35 heavy (non-hydrogen) atoms. The van der Waals surface area contributed by atoms with Crippen molar-refractivity contribution in [3.05, 3.63) is 83.1 Å². The predicted octanol–water partition coefficient (Wildman–Crippen LogP) is 4.80. The second-order valence-electron chi connectivity index (χ2n) is 9.10. The molecule has 176 valence electrons. The number of hydrogen-bond donors (Lipinski definition) is 2. The zero-order valence-corrected chi connectivity index (χ0v) is 20.1. The molecule has 5 rings (SSSR count). The standard InChI is InChI=1S/C28H29N7/c1-20-25-7-8-32-27(25)6-5-26(20)33-28-23(17-31-18-24(28)14-29)4-3-21-13-22(16-30-15-21)19-35-11-9-34(2)10-12-35/h3-8,13,15-18,32H,9-12,19H2,1-2H3,(H,31,33). The van der Waals surface area contributed by atoms with E-state index < -0.39 is 0 Å². The first-order chi connectivity index (χ1) is 17.1. The number of nitrogens with zero attached hydrogens (tertiary/aromatic N) is 5. The summed E-state index contributed by atoms with van der Waals surface area (Å²) in [6.45, 7) is 7.34. The van der Waals surface area contributed by atoms with Crippen LogP contribution in [0, 0.1) is 18.3 Å².